The molecule has 0 aliphatic carbocycles. The van der Waals surface area contributed by atoms with Gasteiger partial charge >= 0.3 is 23.9 Å². The number of carbonyl (C=O) groups excluding carboxylic acids is 4. The first-order valence-electron chi connectivity index (χ1n) is 10.8. The molecule has 0 aliphatic rings. The lowest BCUT2D eigenvalue weighted by atomic mass is 10.2. The summed E-state index contributed by atoms with van der Waals surface area (Å²) in [7, 11) is 0. The van der Waals surface area contributed by atoms with Crippen LogP contribution in [0.25, 0.3) is 0 Å². The number of ether oxygens (including phenoxy) is 4. The third kappa shape index (κ3) is 18.9. The molecular weight excluding hydrogens is 490 g/mol. The van der Waals surface area contributed by atoms with Crippen molar-refractivity contribution in [2.75, 3.05) is 75.8 Å². The number of hydrogen-bond donors (Lipinski definition) is 1. The van der Waals surface area contributed by atoms with E-state index in [0.29, 0.717) is 43.3 Å². The van der Waals surface area contributed by atoms with Crippen molar-refractivity contribution in [3.63, 3.8) is 0 Å². The first kappa shape index (κ1) is 31.9. The van der Waals surface area contributed by atoms with Crippen LogP contribution in [0.1, 0.15) is 26.2 Å². The maximum atomic E-state index is 11.9. The van der Waals surface area contributed by atoms with Crippen LogP contribution >= 0.6 is 36.2 Å². The lowest BCUT2D eigenvalue weighted by Crippen LogP contribution is -2.31. The summed E-state index contributed by atoms with van der Waals surface area (Å²) in [5.74, 6) is 0.323. The van der Waals surface area contributed by atoms with E-state index in [2.05, 4.69) is 12.6 Å². The number of rotatable bonds is 20. The Morgan fingerprint density at radius 1 is 0.758 bits per heavy atom. The number of thiol groups is 1. The van der Waals surface area contributed by atoms with Crippen LogP contribution in [-0.2, 0) is 38.1 Å². The van der Waals surface area contributed by atoms with Crippen molar-refractivity contribution in [1.82, 2.24) is 4.90 Å². The SMILES string of the molecule is CSCCC(=O)OCCOC(=O)CCN(CCS)CCC(=O)OCCOC(=O)C(C)CSC. The molecule has 1 unspecified atom stereocenters. The molecule has 0 aromatic heterocycles. The molecule has 0 rings (SSSR count). The number of esters is 4. The van der Waals surface area contributed by atoms with E-state index in [4.69, 9.17) is 18.9 Å². The molecule has 12 heteroatoms. The zero-order valence-electron chi connectivity index (χ0n) is 19.7. The van der Waals surface area contributed by atoms with Gasteiger partial charge in [0, 0.05) is 36.9 Å². The molecule has 0 saturated heterocycles. The largest absolute Gasteiger partial charge is 0.462 e. The maximum absolute atomic E-state index is 11.9. The highest BCUT2D eigenvalue weighted by Crippen LogP contribution is 2.06. The van der Waals surface area contributed by atoms with Crippen molar-refractivity contribution in [1.29, 1.82) is 0 Å². The minimum Gasteiger partial charge on any atom is -0.462 e. The molecule has 0 bridgehead atoms. The van der Waals surface area contributed by atoms with Gasteiger partial charge in [0.25, 0.3) is 0 Å². The molecule has 0 amide bonds. The van der Waals surface area contributed by atoms with E-state index >= 15 is 0 Å². The van der Waals surface area contributed by atoms with Gasteiger partial charge in [0.2, 0.25) is 0 Å². The second kappa shape index (κ2) is 21.4. The Balaban J connectivity index is 3.99. The van der Waals surface area contributed by atoms with Gasteiger partial charge in [0.15, 0.2) is 0 Å². The lowest BCUT2D eigenvalue weighted by Gasteiger charge is -2.20. The summed E-state index contributed by atoms with van der Waals surface area (Å²) < 4.78 is 20.2. The Hall–Kier alpha value is -1.11. The predicted molar refractivity (Wildman–Crippen MR) is 134 cm³/mol. The molecule has 33 heavy (non-hydrogen) atoms. The number of carbonyl (C=O) groups is 4. The monoisotopic (exact) mass is 527 g/mol. The molecular formula is C21H37NO8S3. The van der Waals surface area contributed by atoms with Gasteiger partial charge in [-0.25, -0.2) is 0 Å². The summed E-state index contributed by atoms with van der Waals surface area (Å²) in [6, 6.07) is 0. The van der Waals surface area contributed by atoms with Crippen LogP contribution < -0.4 is 0 Å². The van der Waals surface area contributed by atoms with E-state index in [-0.39, 0.29) is 57.1 Å². The summed E-state index contributed by atoms with van der Waals surface area (Å²) in [6.45, 7) is 3.30. The minimum atomic E-state index is -0.404. The van der Waals surface area contributed by atoms with Gasteiger partial charge in [-0.3, -0.25) is 19.2 Å². The lowest BCUT2D eigenvalue weighted by molar-refractivity contribution is -0.154. The average Bonchev–Trinajstić information content (AvgIpc) is 2.79. The average molecular weight is 528 g/mol. The zero-order valence-corrected chi connectivity index (χ0v) is 22.3. The van der Waals surface area contributed by atoms with E-state index in [9.17, 15) is 19.2 Å². The molecule has 1 atom stereocenters. The highest BCUT2D eigenvalue weighted by Gasteiger charge is 2.15. The van der Waals surface area contributed by atoms with Gasteiger partial charge in [-0.1, -0.05) is 6.92 Å². The van der Waals surface area contributed by atoms with Crippen LogP contribution in [0.3, 0.4) is 0 Å². The van der Waals surface area contributed by atoms with Gasteiger partial charge in [0.05, 0.1) is 25.2 Å². The summed E-state index contributed by atoms with van der Waals surface area (Å²) in [4.78, 5) is 48.8. The van der Waals surface area contributed by atoms with Crippen LogP contribution in [0.4, 0.5) is 0 Å². The molecule has 0 aliphatic heterocycles. The first-order valence-corrected chi connectivity index (χ1v) is 14.2. The van der Waals surface area contributed by atoms with E-state index < -0.39 is 11.9 Å². The highest BCUT2D eigenvalue weighted by atomic mass is 32.2. The predicted octanol–water partition coefficient (Wildman–Crippen LogP) is 1.92. The Bertz CT molecular complexity index is 580. The molecule has 0 aromatic rings. The molecule has 0 N–H and O–H groups in total. The fourth-order valence-electron chi connectivity index (χ4n) is 2.45. The smallest absolute Gasteiger partial charge is 0.309 e. The van der Waals surface area contributed by atoms with Crippen molar-refractivity contribution in [2.24, 2.45) is 5.92 Å². The molecule has 0 radical (unpaired) electrons. The van der Waals surface area contributed by atoms with Crippen LogP contribution in [-0.4, -0.2) is 105 Å². The first-order chi connectivity index (χ1) is 15.8. The number of thioether (sulfide) groups is 2. The van der Waals surface area contributed by atoms with Crippen molar-refractivity contribution in [2.45, 2.75) is 26.2 Å². The quantitative estimate of drug-likeness (QED) is 0.109. The normalized spacial score (nSPS) is 11.7. The molecule has 0 aromatic carbocycles. The van der Waals surface area contributed by atoms with Crippen LogP contribution in [0.15, 0.2) is 0 Å². The highest BCUT2D eigenvalue weighted by molar-refractivity contribution is 7.98. The van der Waals surface area contributed by atoms with Gasteiger partial charge in [-0.15, -0.1) is 0 Å². The molecule has 9 nitrogen and oxygen atoms in total. The van der Waals surface area contributed by atoms with Crippen molar-refractivity contribution in [3.05, 3.63) is 0 Å². The van der Waals surface area contributed by atoms with E-state index in [1.807, 2.05) is 17.4 Å². The molecule has 0 heterocycles. The third-order valence-electron chi connectivity index (χ3n) is 4.21. The maximum Gasteiger partial charge on any atom is 0.309 e. The van der Waals surface area contributed by atoms with Crippen LogP contribution in [0.2, 0.25) is 0 Å². The van der Waals surface area contributed by atoms with Crippen LogP contribution in [0, 0.1) is 5.92 Å². The topological polar surface area (TPSA) is 108 Å². The summed E-state index contributed by atoms with van der Waals surface area (Å²) in [5.41, 5.74) is 0. The number of nitrogens with zero attached hydrogens (tertiary/aromatic N) is 1. The molecule has 0 spiro atoms. The zero-order chi connectivity index (χ0) is 24.9. The Morgan fingerprint density at radius 3 is 1.70 bits per heavy atom. The Labute approximate surface area is 210 Å². The standard InChI is InChI=1S/C21H37NO8S3/c1-17(16-33-3)21(26)30-13-12-28-19(24)5-8-22(9-14-31)7-4-18(23)27-10-11-29-20(25)6-15-32-2/h17,31H,4-16H2,1-3H3. The summed E-state index contributed by atoms with van der Waals surface area (Å²) in [6.07, 6.45) is 4.45. The van der Waals surface area contributed by atoms with Gasteiger partial charge in [-0.05, 0) is 12.5 Å². The molecule has 192 valence electrons. The van der Waals surface area contributed by atoms with E-state index in [1.165, 1.54) is 0 Å². The summed E-state index contributed by atoms with van der Waals surface area (Å²) in [5, 5.41) is 0. The second-order valence-electron chi connectivity index (χ2n) is 6.99. The van der Waals surface area contributed by atoms with Crippen molar-refractivity contribution >= 4 is 60.0 Å². The van der Waals surface area contributed by atoms with Gasteiger partial charge in [-0.2, -0.15) is 36.2 Å². The summed E-state index contributed by atoms with van der Waals surface area (Å²) >= 11 is 7.33. The Morgan fingerprint density at radius 2 is 1.24 bits per heavy atom. The third-order valence-corrected chi connectivity index (χ3v) is 5.86. The van der Waals surface area contributed by atoms with Crippen molar-refractivity contribution < 1.29 is 38.1 Å². The Kier molecular flexibility index (Phi) is 20.7. The van der Waals surface area contributed by atoms with E-state index in [0.717, 1.165) is 0 Å². The fourth-order valence-corrected chi connectivity index (χ4v) is 3.74. The van der Waals surface area contributed by atoms with Gasteiger partial charge < -0.3 is 23.8 Å². The van der Waals surface area contributed by atoms with Gasteiger partial charge in [0.1, 0.15) is 26.4 Å². The second-order valence-corrected chi connectivity index (χ2v) is 9.34. The minimum absolute atomic E-state index is 0.0112. The van der Waals surface area contributed by atoms with Crippen LogP contribution in [0.5, 0.6) is 0 Å². The molecule has 0 saturated carbocycles. The molecule has 0 fully saturated rings. The van der Waals surface area contributed by atoms with E-state index in [1.54, 1.807) is 30.4 Å². The fraction of sp³-hybridized carbons (Fsp3) is 0.810. The van der Waals surface area contributed by atoms with Crippen molar-refractivity contribution in [3.8, 4) is 0 Å². The number of hydrogen-bond acceptors (Lipinski definition) is 12.